The van der Waals surface area contributed by atoms with Crippen molar-refractivity contribution in [1.29, 1.82) is 0 Å². The number of pyridine rings is 1. The van der Waals surface area contributed by atoms with Gasteiger partial charge in [-0.25, -0.2) is 27.0 Å². The molecule has 2 heterocycles. The zero-order valence-electron chi connectivity index (χ0n) is 26.4. The number of nitrogens with two attached hydrogens (primary N) is 1. The summed E-state index contributed by atoms with van der Waals surface area (Å²) >= 11 is 0. The van der Waals surface area contributed by atoms with Gasteiger partial charge in [0, 0.05) is 56.2 Å². The number of benzene rings is 3. The van der Waals surface area contributed by atoms with Gasteiger partial charge < -0.3 is 20.7 Å². The van der Waals surface area contributed by atoms with Crippen LogP contribution in [0.15, 0.2) is 79.0 Å². The van der Waals surface area contributed by atoms with Gasteiger partial charge in [-0.15, -0.1) is 0 Å². The minimum absolute atomic E-state index is 0.173. The minimum atomic E-state index is -3.37. The van der Waals surface area contributed by atoms with E-state index in [9.17, 15) is 26.8 Å². The van der Waals surface area contributed by atoms with E-state index in [4.69, 9.17) is 10.5 Å². The number of primary amides is 1. The third kappa shape index (κ3) is 9.04. The van der Waals surface area contributed by atoms with Crippen molar-refractivity contribution in [3.05, 3.63) is 113 Å². The van der Waals surface area contributed by atoms with Crippen molar-refractivity contribution in [3.63, 3.8) is 0 Å². The molecule has 0 spiro atoms. The second-order valence-electron chi connectivity index (χ2n) is 11.7. The topological polar surface area (TPSA) is 147 Å². The molecule has 1 aliphatic heterocycles. The highest BCUT2D eigenvalue weighted by Crippen LogP contribution is 2.26. The summed E-state index contributed by atoms with van der Waals surface area (Å²) in [6.45, 7) is 4.23. The molecule has 0 radical (unpaired) electrons. The number of hydrogen-bond acceptors (Lipinski definition) is 7. The van der Waals surface area contributed by atoms with E-state index in [1.807, 2.05) is 37.3 Å². The summed E-state index contributed by atoms with van der Waals surface area (Å²) in [6.07, 6.45) is 4.11. The summed E-state index contributed by atoms with van der Waals surface area (Å²) < 4.78 is 59.7. The van der Waals surface area contributed by atoms with Gasteiger partial charge >= 0.3 is 6.03 Å². The third-order valence-electron chi connectivity index (χ3n) is 8.01. The van der Waals surface area contributed by atoms with E-state index in [0.717, 1.165) is 29.0 Å². The molecule has 0 bridgehead atoms. The number of carbonyl (C=O) groups excluding carboxylic acids is 2. The summed E-state index contributed by atoms with van der Waals surface area (Å²) in [5.74, 6) is -2.29. The van der Waals surface area contributed by atoms with Crippen LogP contribution >= 0.6 is 0 Å². The summed E-state index contributed by atoms with van der Waals surface area (Å²) in [7, 11) is -3.37. The molecule has 14 heteroatoms. The molecule has 0 saturated carbocycles. The Balaban J connectivity index is 1.21. The maximum atomic E-state index is 14.6. The van der Waals surface area contributed by atoms with Crippen LogP contribution < -0.4 is 20.5 Å². The maximum Gasteiger partial charge on any atom is 0.322 e. The number of aromatic nitrogens is 1. The molecular weight excluding hydrogens is 642 g/mol. The van der Waals surface area contributed by atoms with E-state index < -0.39 is 39.2 Å². The number of hydrogen-bond donors (Lipinski definition) is 3. The fourth-order valence-electron chi connectivity index (χ4n) is 5.50. The first-order chi connectivity index (χ1) is 22.8. The van der Waals surface area contributed by atoms with E-state index in [1.54, 1.807) is 41.4 Å². The van der Waals surface area contributed by atoms with Crippen molar-refractivity contribution in [2.75, 3.05) is 29.4 Å². The van der Waals surface area contributed by atoms with Gasteiger partial charge in [0.15, 0.2) is 0 Å². The Bertz CT molecular complexity index is 1880. The highest BCUT2D eigenvalue weighted by Gasteiger charge is 2.29. The zero-order chi connectivity index (χ0) is 34.4. The molecule has 3 aromatic carbocycles. The Morgan fingerprint density at radius 2 is 1.73 bits per heavy atom. The first-order valence-corrected chi connectivity index (χ1v) is 17.1. The quantitative estimate of drug-likeness (QED) is 0.186. The number of amides is 3. The molecule has 5 rings (SSSR count). The van der Waals surface area contributed by atoms with Gasteiger partial charge in [-0.1, -0.05) is 30.3 Å². The smallest absolute Gasteiger partial charge is 0.322 e. The Kier molecular flexibility index (Phi) is 10.5. The molecule has 1 saturated heterocycles. The van der Waals surface area contributed by atoms with E-state index in [0.29, 0.717) is 55.9 Å². The first-order valence-electron chi connectivity index (χ1n) is 15.2. The zero-order valence-corrected chi connectivity index (χ0v) is 27.3. The summed E-state index contributed by atoms with van der Waals surface area (Å²) in [5, 5.41) is 2.53. The number of urea groups is 1. The number of aryl methyl sites for hydroxylation is 1. The molecule has 252 valence electrons. The fourth-order valence-corrected chi connectivity index (χ4v) is 6.06. The molecule has 1 aliphatic rings. The van der Waals surface area contributed by atoms with Crippen LogP contribution in [-0.2, 0) is 23.1 Å². The lowest BCUT2D eigenvalue weighted by atomic mass is 10.0. The number of halogens is 2. The predicted octanol–water partition coefficient (Wildman–Crippen LogP) is 5.63. The number of sulfonamides is 1. The average molecular weight is 679 g/mol. The number of carbonyl (C=O) groups is 2. The van der Waals surface area contributed by atoms with Crippen molar-refractivity contribution in [3.8, 4) is 11.6 Å². The molecule has 3 amide bonds. The second kappa shape index (κ2) is 14.8. The van der Waals surface area contributed by atoms with Crippen molar-refractivity contribution >= 4 is 33.3 Å². The molecule has 1 aromatic heterocycles. The van der Waals surface area contributed by atoms with Crippen LogP contribution in [-0.4, -0.2) is 60.5 Å². The van der Waals surface area contributed by atoms with Crippen LogP contribution in [0.2, 0.25) is 0 Å². The van der Waals surface area contributed by atoms with Crippen LogP contribution in [0.3, 0.4) is 0 Å². The lowest BCUT2D eigenvalue weighted by Crippen LogP contribution is -2.48. The molecule has 4 N–H and O–H groups in total. The van der Waals surface area contributed by atoms with Gasteiger partial charge in [0.1, 0.15) is 17.4 Å². The van der Waals surface area contributed by atoms with E-state index in [2.05, 4.69) is 19.9 Å². The third-order valence-corrected chi connectivity index (χ3v) is 8.61. The Morgan fingerprint density at radius 3 is 2.35 bits per heavy atom. The minimum Gasteiger partial charge on any atom is -0.439 e. The largest absolute Gasteiger partial charge is 0.439 e. The van der Waals surface area contributed by atoms with Crippen LogP contribution in [0.5, 0.6) is 11.6 Å². The van der Waals surface area contributed by atoms with Crippen molar-refractivity contribution in [2.24, 2.45) is 5.73 Å². The molecule has 4 aromatic rings. The molecule has 48 heavy (non-hydrogen) atoms. The molecule has 0 atom stereocenters. The normalized spacial score (nSPS) is 13.9. The summed E-state index contributed by atoms with van der Waals surface area (Å²) in [5.41, 5.74) is 7.71. The number of likely N-dealkylation sites (tertiary alicyclic amines) is 1. The van der Waals surface area contributed by atoms with Crippen molar-refractivity contribution < 1.29 is 31.5 Å². The number of nitrogens with one attached hydrogen (secondary N) is 2. The Hall–Kier alpha value is -5.08. The predicted molar refractivity (Wildman–Crippen MR) is 178 cm³/mol. The highest BCUT2D eigenvalue weighted by atomic mass is 32.2. The highest BCUT2D eigenvalue weighted by molar-refractivity contribution is 7.92. The number of rotatable bonds is 11. The van der Waals surface area contributed by atoms with Crippen LogP contribution in [0, 0.1) is 18.6 Å². The van der Waals surface area contributed by atoms with E-state index >= 15 is 0 Å². The van der Waals surface area contributed by atoms with Crippen LogP contribution in [0.1, 0.15) is 39.9 Å². The van der Waals surface area contributed by atoms with Gasteiger partial charge in [-0.05, 0) is 66.8 Å². The first kappa shape index (κ1) is 34.3. The van der Waals surface area contributed by atoms with Crippen LogP contribution in [0.4, 0.5) is 25.0 Å². The standard InChI is InChI=1S/C34H36F2N6O5S/c1-22-5-3-4-6-24(22)21-42(34(44)39-31-17-28(33(37)43)29(35)18-30(31)36)26-13-15-41(16-14-26)20-23-7-12-32(38-19-23)47-27-10-8-25(9-11-27)40-48(2,45)46/h3-12,17-19,26,40H,13-16,20-21H2,1-2H3,(H2,37,43)(H,39,44). The number of ether oxygens (including phenoxy) is 1. The van der Waals surface area contributed by atoms with Gasteiger partial charge in [0.25, 0.3) is 5.91 Å². The number of piperidine rings is 1. The molecule has 0 unspecified atom stereocenters. The Labute approximate surface area is 277 Å². The Morgan fingerprint density at radius 1 is 1.02 bits per heavy atom. The monoisotopic (exact) mass is 678 g/mol. The van der Waals surface area contributed by atoms with Crippen molar-refractivity contribution in [1.82, 2.24) is 14.8 Å². The van der Waals surface area contributed by atoms with E-state index in [1.165, 1.54) is 0 Å². The van der Waals surface area contributed by atoms with Gasteiger partial charge in [0.2, 0.25) is 15.9 Å². The average Bonchev–Trinajstić information content (AvgIpc) is 3.03. The van der Waals surface area contributed by atoms with E-state index in [-0.39, 0.29) is 18.3 Å². The van der Waals surface area contributed by atoms with Gasteiger partial charge in [-0.2, -0.15) is 0 Å². The molecule has 0 aliphatic carbocycles. The molecule has 11 nitrogen and oxygen atoms in total. The van der Waals surface area contributed by atoms with Gasteiger partial charge in [0.05, 0.1) is 17.5 Å². The molecular formula is C34H36F2N6O5S. The van der Waals surface area contributed by atoms with Crippen LogP contribution in [0.25, 0.3) is 0 Å². The lowest BCUT2D eigenvalue weighted by Gasteiger charge is -2.39. The SMILES string of the molecule is Cc1ccccc1CN(C(=O)Nc1cc(C(N)=O)c(F)cc1F)C1CCN(Cc2ccc(Oc3ccc(NS(C)(=O)=O)cc3)nc2)CC1. The second-order valence-corrected chi connectivity index (χ2v) is 13.4. The lowest BCUT2D eigenvalue weighted by molar-refractivity contribution is 0.0996. The summed E-state index contributed by atoms with van der Waals surface area (Å²) in [4.78, 5) is 33.6. The number of nitrogens with zero attached hydrogens (tertiary/aromatic N) is 3. The maximum absolute atomic E-state index is 14.6. The molecule has 1 fully saturated rings. The van der Waals surface area contributed by atoms with Gasteiger partial charge in [-0.3, -0.25) is 14.4 Å². The van der Waals surface area contributed by atoms with Crippen molar-refractivity contribution in [2.45, 2.75) is 38.9 Å². The summed E-state index contributed by atoms with van der Waals surface area (Å²) in [6, 6.07) is 18.5. The number of anilines is 2. The fraction of sp³-hybridized carbons (Fsp3) is 0.265.